The number of hydrogen-bond acceptors (Lipinski definition) is 24. The molecule has 0 radical (unpaired) electrons. The summed E-state index contributed by atoms with van der Waals surface area (Å²) < 4.78 is 0. The molecule has 36 nitrogen and oxygen atoms in total. The van der Waals surface area contributed by atoms with Crippen LogP contribution < -0.4 is 123 Å². The first-order chi connectivity index (χ1) is 13.9. The fraction of sp³-hybridized carbons (Fsp3) is 0. The van der Waals surface area contributed by atoms with Gasteiger partial charge in [-0.2, -0.15) is 0 Å². The van der Waals surface area contributed by atoms with Crippen molar-refractivity contribution < 1.29 is 289 Å². The van der Waals surface area contributed by atoms with Crippen molar-refractivity contribution in [2.75, 3.05) is 0 Å². The summed E-state index contributed by atoms with van der Waals surface area (Å²) in [4.78, 5) is 0. The van der Waals surface area contributed by atoms with Crippen molar-refractivity contribution in [3.8, 4) is 0 Å². The van der Waals surface area contributed by atoms with Gasteiger partial charge in [-0.1, -0.05) is 0 Å². The minimum absolute atomic E-state index is 0. The molecule has 47 heavy (non-hydrogen) atoms. The van der Waals surface area contributed by atoms with E-state index in [0.717, 1.165) is 0 Å². The Kier molecular flexibility index (Phi) is 535. The first-order valence-corrected chi connectivity index (χ1v) is 6.11. The second-order valence-electron chi connectivity index (χ2n) is 2.69. The fourth-order valence-electron chi connectivity index (χ4n) is 0. The van der Waals surface area contributed by atoms with Gasteiger partial charge < -0.3 is 186 Å². The molecule has 0 saturated carbocycles. The molecule has 0 heterocycles. The zero-order valence-corrected chi connectivity index (χ0v) is 32.4. The van der Waals surface area contributed by atoms with E-state index in [0.29, 0.717) is 0 Å². The molecule has 0 aliphatic rings. The third-order valence-corrected chi connectivity index (χ3v) is 0. The van der Waals surface area contributed by atoms with Crippen molar-refractivity contribution in [1.82, 2.24) is 0 Å². The van der Waals surface area contributed by atoms with E-state index in [1.54, 1.807) is 0 Å². The Balaban J connectivity index is -0.00000000638. The second kappa shape index (κ2) is 154. The van der Waals surface area contributed by atoms with Gasteiger partial charge in [-0.25, -0.2) is 0 Å². The summed E-state index contributed by atoms with van der Waals surface area (Å²) in [5.41, 5.74) is 0. The molecule has 0 unspecified atom stereocenters. The topological polar surface area (TPSA) is 875 Å². The first-order valence-electron chi connectivity index (χ1n) is 6.11. The Labute approximate surface area is 380 Å². The Morgan fingerprint density at radius 1 is 0.234 bits per heavy atom. The molecule has 0 saturated heterocycles. The first kappa shape index (κ1) is 163. The van der Waals surface area contributed by atoms with Crippen molar-refractivity contribution in [2.24, 2.45) is 0 Å². The largest absolute Gasteiger partial charge is 2.00 e. The monoisotopic (exact) mass is 826 g/mol. The molecular formula is H44B8CaK2O36. The smallest absolute Gasteiger partial charge is 0.907 e. The van der Waals surface area contributed by atoms with Gasteiger partial charge in [0.05, 0.1) is 0 Å². The average Bonchev–Trinajstić information content (AvgIpc) is 2.30. The van der Waals surface area contributed by atoms with E-state index >= 15 is 0 Å². The summed E-state index contributed by atoms with van der Waals surface area (Å²) in [5.74, 6) is 0. The molecule has 0 fully saturated rings. The van der Waals surface area contributed by atoms with E-state index in [1.165, 1.54) is 0 Å². The molecule has 0 atom stereocenters. The van der Waals surface area contributed by atoms with Crippen LogP contribution in [0, 0.1) is 0 Å². The maximum Gasteiger partial charge on any atom is 2.00 e. The van der Waals surface area contributed by atoms with Gasteiger partial charge in [0.15, 0.2) is 0 Å². The van der Waals surface area contributed by atoms with E-state index in [-0.39, 0.29) is 206 Å². The average molecular weight is 825 g/mol. The maximum absolute atomic E-state index is 8.64. The van der Waals surface area contributed by atoms with Gasteiger partial charge in [0, 0.05) is 0 Å². The van der Waals surface area contributed by atoms with Crippen LogP contribution in [0.15, 0.2) is 0 Å². The molecule has 0 rings (SSSR count). The molecule has 0 amide bonds. The predicted octanol–water partition coefficient (Wildman–Crippen LogP) is -35.2. The van der Waals surface area contributed by atoms with Crippen molar-refractivity contribution in [1.29, 1.82) is 0 Å². The van der Waals surface area contributed by atoms with Gasteiger partial charge in [0.1, 0.15) is 0 Å². The van der Waals surface area contributed by atoms with E-state index in [4.69, 9.17) is 121 Å². The maximum atomic E-state index is 8.64. The van der Waals surface area contributed by atoms with Crippen molar-refractivity contribution >= 4 is 96.3 Å². The van der Waals surface area contributed by atoms with Gasteiger partial charge in [-0.15, -0.1) is 0 Å². The quantitative estimate of drug-likeness (QED) is 0.101. The van der Waals surface area contributed by atoms with Crippen molar-refractivity contribution in [3.05, 3.63) is 0 Å². The van der Waals surface area contributed by atoms with E-state index in [1.807, 2.05) is 0 Å². The minimum atomic E-state index is -2.92. The van der Waals surface area contributed by atoms with Crippen LogP contribution in [0.25, 0.3) is 0 Å². The number of rotatable bonds is 0. The third kappa shape index (κ3) is 8620. The van der Waals surface area contributed by atoms with Crippen LogP contribution >= 0.6 is 0 Å². The fourth-order valence-corrected chi connectivity index (χ4v) is 0. The van der Waals surface area contributed by atoms with Crippen LogP contribution in [0.3, 0.4) is 0 Å². The third-order valence-electron chi connectivity index (χ3n) is 0. The van der Waals surface area contributed by atoms with Gasteiger partial charge in [0.2, 0.25) is 0 Å². The Morgan fingerprint density at radius 3 is 0.234 bits per heavy atom. The Morgan fingerprint density at radius 2 is 0.234 bits per heavy atom. The van der Waals surface area contributed by atoms with E-state index in [2.05, 4.69) is 0 Å². The predicted molar refractivity (Wildman–Crippen MR) is 140 cm³/mol. The van der Waals surface area contributed by atoms with Crippen LogP contribution in [-0.4, -0.2) is 263 Å². The summed E-state index contributed by atoms with van der Waals surface area (Å²) in [6.07, 6.45) is 0. The molecule has 0 aliphatic heterocycles. The molecule has 288 valence electrons. The van der Waals surface area contributed by atoms with E-state index in [9.17, 15) is 0 Å². The summed E-state index contributed by atoms with van der Waals surface area (Å²) in [6.45, 7) is 0. The molecule has 44 N–H and O–H groups in total. The minimum Gasteiger partial charge on any atom is -0.907 e. The molecule has 47 heteroatoms. The van der Waals surface area contributed by atoms with Crippen LogP contribution in [-0.2, 0) is 0 Å². The molecule has 0 aromatic carbocycles. The molecule has 0 bridgehead atoms. The summed E-state index contributed by atoms with van der Waals surface area (Å²) >= 11 is 0. The molecule has 0 aliphatic carbocycles. The molecule has 0 aromatic heterocycles. The van der Waals surface area contributed by atoms with Crippen molar-refractivity contribution in [3.63, 3.8) is 0 Å². The molecular weight excluding hydrogens is 781 g/mol. The zero-order valence-electron chi connectivity index (χ0n) is 23.9. The normalized spacial score (nSPS) is 4.60. The summed E-state index contributed by atoms with van der Waals surface area (Å²) in [7, 11) is -18.3. The van der Waals surface area contributed by atoms with Gasteiger partial charge in [-0.3, -0.25) is 7.32 Å². The summed E-state index contributed by atoms with van der Waals surface area (Å²) in [5, 5.41) is 177. The van der Waals surface area contributed by atoms with Crippen LogP contribution in [0.4, 0.5) is 0 Å². The van der Waals surface area contributed by atoms with Crippen LogP contribution in [0.1, 0.15) is 0 Å². The number of hydrogen-bond donors (Lipinski definition) is 20. The molecule has 0 aromatic rings. The zero-order chi connectivity index (χ0) is 28.6. The Bertz CT molecular complexity index is 159. The Hall–Kier alpha value is 3.61. The van der Waals surface area contributed by atoms with E-state index < -0.39 is 58.6 Å². The standard InChI is InChI=1S/6BH3O3.BH2O3.BO3.Ca.2K.12H2O/c8*2-1(3)4;;;;;;;;;;;;;;;/h6*2-4H;2-3H;;;;;12*1H2/q;;;;;;-1;-3;+2;2*+1;;;;;;;;;;;;. The second-order valence-corrected chi connectivity index (χ2v) is 2.69. The van der Waals surface area contributed by atoms with Gasteiger partial charge >= 0.3 is 192 Å². The molecule has 0 spiro atoms. The van der Waals surface area contributed by atoms with Crippen LogP contribution in [0.5, 0.6) is 0 Å². The SMILES string of the molecule is O.O.O.O.O.O.O.O.O.O.O.O.OB(O)O.OB(O)O.OB(O)O.OB(O)O.OB(O)O.OB(O)O.[Ca+2].[K+].[K+].[O-]B(O)O.[O-]B([O-])[O-]. The summed E-state index contributed by atoms with van der Waals surface area (Å²) in [6, 6.07) is 0. The van der Waals surface area contributed by atoms with Crippen LogP contribution in [0.2, 0.25) is 0 Å². The van der Waals surface area contributed by atoms with Crippen molar-refractivity contribution in [2.45, 2.75) is 0 Å². The van der Waals surface area contributed by atoms with Gasteiger partial charge in [-0.05, 0) is 0 Å². The van der Waals surface area contributed by atoms with Gasteiger partial charge in [0.25, 0.3) is 0 Å².